The quantitative estimate of drug-likeness (QED) is 0.674. The molecule has 1 N–H and O–H groups in total. The van der Waals surface area contributed by atoms with Crippen LogP contribution in [0.4, 0.5) is 0 Å². The zero-order valence-corrected chi connectivity index (χ0v) is 14.0. The molecule has 2 aromatic rings. The van der Waals surface area contributed by atoms with Crippen molar-refractivity contribution in [3.63, 3.8) is 0 Å². The molecule has 6 nitrogen and oxygen atoms in total. The molecule has 128 valence electrons. The van der Waals surface area contributed by atoms with Crippen LogP contribution < -0.4 is 4.74 Å². The number of nitrogens with one attached hydrogen (secondary N) is 1. The molecule has 0 radical (unpaired) electrons. The molecule has 0 aliphatic carbocycles. The number of aromatic amines is 1. The fraction of sp³-hybridized carbons (Fsp3) is 0.444. The van der Waals surface area contributed by atoms with Crippen molar-refractivity contribution in [1.29, 1.82) is 0 Å². The molecule has 3 rings (SSSR count). The van der Waals surface area contributed by atoms with E-state index >= 15 is 0 Å². The average molecular weight is 330 g/mol. The van der Waals surface area contributed by atoms with E-state index in [-0.39, 0.29) is 0 Å². The van der Waals surface area contributed by atoms with E-state index in [1.165, 1.54) is 4.90 Å². The summed E-state index contributed by atoms with van der Waals surface area (Å²) in [5.41, 5.74) is 1.14. The van der Waals surface area contributed by atoms with Crippen molar-refractivity contribution in [2.24, 2.45) is 5.92 Å². The first-order valence-corrected chi connectivity index (χ1v) is 8.14. The second-order valence-electron chi connectivity index (χ2n) is 6.28. The average Bonchev–Trinajstić information content (AvgIpc) is 3.04. The first kappa shape index (κ1) is 16.5. The highest BCUT2D eigenvalue weighted by Gasteiger charge is 2.24. The maximum Gasteiger partial charge on any atom is 0.294 e. The topological polar surface area (TPSA) is 71.6 Å². The summed E-state index contributed by atoms with van der Waals surface area (Å²) >= 11 is 0. The number of benzene rings is 1. The number of nitrogens with zero attached hydrogens (tertiary/aromatic N) is 1. The van der Waals surface area contributed by atoms with Gasteiger partial charge in [-0.2, -0.15) is 0 Å². The third-order valence-electron chi connectivity index (χ3n) is 4.33. The van der Waals surface area contributed by atoms with Crippen LogP contribution in [0.15, 0.2) is 24.4 Å². The number of hydrogen-bond donors (Lipinski definition) is 1. The lowest BCUT2D eigenvalue weighted by atomic mass is 10.0. The molecule has 1 aromatic carbocycles. The van der Waals surface area contributed by atoms with E-state index in [1.807, 2.05) is 18.2 Å². The molecule has 0 bridgehead atoms. The highest BCUT2D eigenvalue weighted by atomic mass is 16.5. The zero-order chi connectivity index (χ0) is 17.1. The lowest BCUT2D eigenvalue weighted by Crippen LogP contribution is -2.29. The van der Waals surface area contributed by atoms with Crippen molar-refractivity contribution in [2.45, 2.75) is 12.8 Å². The van der Waals surface area contributed by atoms with Crippen molar-refractivity contribution in [1.82, 2.24) is 9.88 Å². The molecule has 1 saturated heterocycles. The third kappa shape index (κ3) is 3.28. The van der Waals surface area contributed by atoms with Gasteiger partial charge in [0.15, 0.2) is 0 Å². The van der Waals surface area contributed by atoms with Gasteiger partial charge in [-0.05, 0) is 30.9 Å². The van der Waals surface area contributed by atoms with Gasteiger partial charge in [-0.3, -0.25) is 9.59 Å². The molecule has 24 heavy (non-hydrogen) atoms. The van der Waals surface area contributed by atoms with Crippen LogP contribution in [0.3, 0.4) is 0 Å². The number of Topliss-reactive ketones (excluding diaryl/α,β-unsaturated/α-hetero) is 1. The number of carbonyl (C=O) groups excluding carboxylic acids is 2. The Kier molecular flexibility index (Phi) is 4.85. The van der Waals surface area contributed by atoms with Crippen LogP contribution in [0.25, 0.3) is 10.9 Å². The van der Waals surface area contributed by atoms with Crippen molar-refractivity contribution in [3.05, 3.63) is 30.0 Å². The molecule has 0 unspecified atom stereocenters. The zero-order valence-electron chi connectivity index (χ0n) is 14.0. The van der Waals surface area contributed by atoms with Gasteiger partial charge >= 0.3 is 0 Å². The van der Waals surface area contributed by atoms with E-state index in [9.17, 15) is 9.59 Å². The van der Waals surface area contributed by atoms with Crippen LogP contribution in [-0.4, -0.2) is 55.5 Å². The summed E-state index contributed by atoms with van der Waals surface area (Å²) in [6, 6.07) is 5.58. The predicted molar refractivity (Wildman–Crippen MR) is 90.4 cm³/mol. The molecule has 1 aromatic heterocycles. The van der Waals surface area contributed by atoms with E-state index in [1.54, 1.807) is 20.3 Å². The summed E-state index contributed by atoms with van der Waals surface area (Å²) < 4.78 is 11.4. The number of ketones is 1. The Bertz CT molecular complexity index is 745. The Morgan fingerprint density at radius 1 is 1.29 bits per heavy atom. The van der Waals surface area contributed by atoms with Crippen LogP contribution >= 0.6 is 0 Å². The van der Waals surface area contributed by atoms with Gasteiger partial charge in [0.25, 0.3) is 11.7 Å². The largest absolute Gasteiger partial charge is 0.493 e. The molecule has 2 heterocycles. The summed E-state index contributed by atoms with van der Waals surface area (Å²) in [5.74, 6) is 0.00848. The number of hydrogen-bond acceptors (Lipinski definition) is 4. The summed E-state index contributed by atoms with van der Waals surface area (Å²) in [7, 11) is 3.13. The van der Waals surface area contributed by atoms with Gasteiger partial charge in [0, 0.05) is 39.0 Å². The molecule has 1 amide bonds. The second-order valence-corrected chi connectivity index (χ2v) is 6.28. The standard InChI is InChI=1S/C18H22N2O4/c1-20(2)18(22)17(21)13-10-19-14-4-3-5-15(16(13)14)24-11-12-6-8-23-9-7-12/h3-5,10,12,19H,6-9,11H2,1-2H3. The molecule has 6 heteroatoms. The van der Waals surface area contributed by atoms with Crippen molar-refractivity contribution < 1.29 is 19.1 Å². The summed E-state index contributed by atoms with van der Waals surface area (Å²) in [6.07, 6.45) is 3.54. The van der Waals surface area contributed by atoms with Gasteiger partial charge < -0.3 is 19.4 Å². The first-order chi connectivity index (χ1) is 11.6. The molecule has 0 spiro atoms. The molecular weight excluding hydrogens is 308 g/mol. The van der Waals surface area contributed by atoms with Gasteiger partial charge in [0.05, 0.1) is 17.6 Å². The monoisotopic (exact) mass is 330 g/mol. The van der Waals surface area contributed by atoms with Crippen molar-refractivity contribution >= 4 is 22.6 Å². The number of carbonyl (C=O) groups is 2. The Labute approximate surface area is 140 Å². The highest BCUT2D eigenvalue weighted by Crippen LogP contribution is 2.30. The molecule has 1 fully saturated rings. The molecule has 0 saturated carbocycles. The van der Waals surface area contributed by atoms with Gasteiger partial charge in [0.1, 0.15) is 5.75 Å². The predicted octanol–water partition coefficient (Wildman–Crippen LogP) is 2.24. The van der Waals surface area contributed by atoms with Crippen LogP contribution in [0.2, 0.25) is 0 Å². The van der Waals surface area contributed by atoms with E-state index in [4.69, 9.17) is 9.47 Å². The lowest BCUT2D eigenvalue weighted by Gasteiger charge is -2.22. The van der Waals surface area contributed by atoms with E-state index in [0.29, 0.717) is 29.2 Å². The highest BCUT2D eigenvalue weighted by molar-refractivity contribution is 6.45. The summed E-state index contributed by atoms with van der Waals surface area (Å²) in [4.78, 5) is 28.8. The Balaban J connectivity index is 1.86. The minimum atomic E-state index is -0.546. The van der Waals surface area contributed by atoms with E-state index in [0.717, 1.165) is 31.6 Å². The fourth-order valence-corrected chi connectivity index (χ4v) is 2.89. The second kappa shape index (κ2) is 7.05. The first-order valence-electron chi connectivity index (χ1n) is 8.14. The van der Waals surface area contributed by atoms with Gasteiger partial charge in [-0.1, -0.05) is 6.07 Å². The van der Waals surface area contributed by atoms with E-state index in [2.05, 4.69) is 4.98 Å². The number of H-pyrrole nitrogens is 1. The molecule has 0 atom stereocenters. The normalized spacial score (nSPS) is 15.4. The van der Waals surface area contributed by atoms with Gasteiger partial charge in [-0.25, -0.2) is 0 Å². The van der Waals surface area contributed by atoms with Crippen LogP contribution in [0.5, 0.6) is 5.75 Å². The summed E-state index contributed by atoms with van der Waals surface area (Å²) in [6.45, 7) is 2.12. The number of likely N-dealkylation sites (N-methyl/N-ethyl adjacent to an activating group) is 1. The third-order valence-corrected chi connectivity index (χ3v) is 4.33. The van der Waals surface area contributed by atoms with Gasteiger partial charge in [0.2, 0.25) is 0 Å². The number of fused-ring (bicyclic) bond motifs is 1. The van der Waals surface area contributed by atoms with E-state index < -0.39 is 11.7 Å². The minimum absolute atomic E-state index is 0.353. The number of amides is 1. The number of aromatic nitrogens is 1. The Morgan fingerprint density at radius 2 is 2.04 bits per heavy atom. The number of ether oxygens (including phenoxy) is 2. The maximum atomic E-state index is 12.4. The maximum absolute atomic E-state index is 12.4. The van der Waals surface area contributed by atoms with Gasteiger partial charge in [-0.15, -0.1) is 0 Å². The van der Waals surface area contributed by atoms with Crippen molar-refractivity contribution in [2.75, 3.05) is 33.9 Å². The SMILES string of the molecule is CN(C)C(=O)C(=O)c1c[nH]c2cccc(OCC3CCOCC3)c12. The van der Waals surface area contributed by atoms with Crippen LogP contribution in [0.1, 0.15) is 23.2 Å². The lowest BCUT2D eigenvalue weighted by molar-refractivity contribution is -0.124. The minimum Gasteiger partial charge on any atom is -0.493 e. The fourth-order valence-electron chi connectivity index (χ4n) is 2.89. The Morgan fingerprint density at radius 3 is 2.75 bits per heavy atom. The molecule has 1 aliphatic heterocycles. The number of rotatable bonds is 5. The summed E-state index contributed by atoms with van der Waals surface area (Å²) in [5, 5.41) is 0.671. The Hall–Kier alpha value is -2.34. The van der Waals surface area contributed by atoms with Crippen LogP contribution in [-0.2, 0) is 9.53 Å². The van der Waals surface area contributed by atoms with Crippen LogP contribution in [0, 0.1) is 5.92 Å². The molecule has 1 aliphatic rings. The molecular formula is C18H22N2O4. The smallest absolute Gasteiger partial charge is 0.294 e. The van der Waals surface area contributed by atoms with Crippen molar-refractivity contribution in [3.8, 4) is 5.75 Å².